The lowest BCUT2D eigenvalue weighted by Crippen LogP contribution is -2.34. The highest BCUT2D eigenvalue weighted by molar-refractivity contribution is 5.23. The van der Waals surface area contributed by atoms with Crippen LogP contribution in [0.15, 0.2) is 18.2 Å². The quantitative estimate of drug-likeness (QED) is 0.884. The van der Waals surface area contributed by atoms with Gasteiger partial charge in [-0.15, -0.1) is 0 Å². The molecule has 1 aliphatic rings. The van der Waals surface area contributed by atoms with Crippen LogP contribution in [0.25, 0.3) is 0 Å². The molecule has 0 bridgehead atoms. The Kier molecular flexibility index (Phi) is 5.28. The molecule has 0 aliphatic carbocycles. The molecule has 4 heteroatoms. The first-order valence-electron chi connectivity index (χ1n) is 6.98. The molecular weight excluding hydrogens is 248 g/mol. The van der Waals surface area contributed by atoms with E-state index in [9.17, 15) is 8.78 Å². The standard InChI is InChI=1S/C15H21F2NO/c1-2-7-18-15(11-4-3-8-19-10-11)13-6-5-12(16)9-14(13)17/h5-6,9,11,15,18H,2-4,7-8,10H2,1H3. The summed E-state index contributed by atoms with van der Waals surface area (Å²) in [6.07, 6.45) is 2.99. The van der Waals surface area contributed by atoms with Crippen molar-refractivity contribution in [2.24, 2.45) is 5.92 Å². The molecule has 2 unspecified atom stereocenters. The summed E-state index contributed by atoms with van der Waals surface area (Å²) in [5.41, 5.74) is 0.547. The maximum absolute atomic E-state index is 14.0. The van der Waals surface area contributed by atoms with Gasteiger partial charge in [0.05, 0.1) is 6.61 Å². The fourth-order valence-corrected chi connectivity index (χ4v) is 2.61. The summed E-state index contributed by atoms with van der Waals surface area (Å²) in [4.78, 5) is 0. The molecule has 0 spiro atoms. The highest BCUT2D eigenvalue weighted by Gasteiger charge is 2.27. The van der Waals surface area contributed by atoms with Crippen molar-refractivity contribution in [3.05, 3.63) is 35.4 Å². The Labute approximate surface area is 113 Å². The van der Waals surface area contributed by atoms with Crippen LogP contribution in [0.1, 0.15) is 37.8 Å². The minimum Gasteiger partial charge on any atom is -0.381 e. The van der Waals surface area contributed by atoms with Crippen LogP contribution in [-0.2, 0) is 4.74 Å². The molecule has 0 amide bonds. The van der Waals surface area contributed by atoms with Crippen molar-refractivity contribution >= 4 is 0 Å². The van der Waals surface area contributed by atoms with Gasteiger partial charge in [-0.25, -0.2) is 8.78 Å². The summed E-state index contributed by atoms with van der Waals surface area (Å²) in [7, 11) is 0. The zero-order chi connectivity index (χ0) is 13.7. The Bertz CT molecular complexity index is 405. The molecule has 1 fully saturated rings. The van der Waals surface area contributed by atoms with Crippen LogP contribution in [0.4, 0.5) is 8.78 Å². The number of hydrogen-bond acceptors (Lipinski definition) is 2. The molecule has 1 aliphatic heterocycles. The maximum Gasteiger partial charge on any atom is 0.130 e. The van der Waals surface area contributed by atoms with Gasteiger partial charge >= 0.3 is 0 Å². The molecule has 1 saturated heterocycles. The minimum absolute atomic E-state index is 0.0964. The lowest BCUT2D eigenvalue weighted by Gasteiger charge is -2.31. The Hall–Kier alpha value is -1.00. The van der Waals surface area contributed by atoms with E-state index in [-0.39, 0.29) is 12.0 Å². The molecule has 0 radical (unpaired) electrons. The van der Waals surface area contributed by atoms with Crippen molar-refractivity contribution in [1.29, 1.82) is 0 Å². The van der Waals surface area contributed by atoms with E-state index in [1.807, 2.05) is 0 Å². The van der Waals surface area contributed by atoms with Crippen LogP contribution in [-0.4, -0.2) is 19.8 Å². The highest BCUT2D eigenvalue weighted by atomic mass is 19.1. The number of hydrogen-bond donors (Lipinski definition) is 1. The van der Waals surface area contributed by atoms with Gasteiger partial charge in [0, 0.05) is 30.2 Å². The summed E-state index contributed by atoms with van der Waals surface area (Å²) in [6.45, 7) is 4.31. The zero-order valence-corrected chi connectivity index (χ0v) is 11.3. The van der Waals surface area contributed by atoms with Crippen LogP contribution in [0.2, 0.25) is 0 Å². The van der Waals surface area contributed by atoms with E-state index in [0.717, 1.165) is 38.5 Å². The average Bonchev–Trinajstić information content (AvgIpc) is 2.42. The van der Waals surface area contributed by atoms with Crippen molar-refractivity contribution in [2.45, 2.75) is 32.2 Å². The van der Waals surface area contributed by atoms with Crippen molar-refractivity contribution in [1.82, 2.24) is 5.32 Å². The maximum atomic E-state index is 14.0. The molecule has 0 saturated carbocycles. The van der Waals surface area contributed by atoms with Crippen molar-refractivity contribution < 1.29 is 13.5 Å². The molecule has 0 aromatic heterocycles. The van der Waals surface area contributed by atoms with Crippen LogP contribution in [0.3, 0.4) is 0 Å². The molecule has 1 heterocycles. The van der Waals surface area contributed by atoms with Crippen LogP contribution < -0.4 is 5.32 Å². The molecule has 1 aromatic rings. The van der Waals surface area contributed by atoms with Crippen molar-refractivity contribution in [3.8, 4) is 0 Å². The SMILES string of the molecule is CCCNC(c1ccc(F)cc1F)C1CCCOC1. The first-order valence-corrected chi connectivity index (χ1v) is 6.98. The fourth-order valence-electron chi connectivity index (χ4n) is 2.61. The minimum atomic E-state index is -0.532. The van der Waals surface area contributed by atoms with Crippen LogP contribution >= 0.6 is 0 Å². The summed E-state index contributed by atoms with van der Waals surface area (Å²) >= 11 is 0. The smallest absolute Gasteiger partial charge is 0.130 e. The summed E-state index contributed by atoms with van der Waals surface area (Å²) in [6, 6.07) is 3.73. The number of rotatable bonds is 5. The molecule has 1 N–H and O–H groups in total. The Morgan fingerprint density at radius 3 is 2.89 bits per heavy atom. The zero-order valence-electron chi connectivity index (χ0n) is 11.3. The van der Waals surface area contributed by atoms with Crippen LogP contribution in [0.5, 0.6) is 0 Å². The van der Waals surface area contributed by atoms with E-state index in [1.54, 1.807) is 6.07 Å². The highest BCUT2D eigenvalue weighted by Crippen LogP contribution is 2.30. The first-order chi connectivity index (χ1) is 9.22. The third kappa shape index (κ3) is 3.74. The number of halogens is 2. The number of nitrogens with one attached hydrogen (secondary N) is 1. The molecule has 19 heavy (non-hydrogen) atoms. The van der Waals surface area contributed by atoms with E-state index in [2.05, 4.69) is 12.2 Å². The van der Waals surface area contributed by atoms with Gasteiger partial charge in [0.15, 0.2) is 0 Å². The predicted octanol–water partition coefficient (Wildman–Crippen LogP) is 3.43. The largest absolute Gasteiger partial charge is 0.381 e. The monoisotopic (exact) mass is 269 g/mol. The molecule has 1 aromatic carbocycles. The first kappa shape index (κ1) is 14.4. The van der Waals surface area contributed by atoms with Gasteiger partial charge in [-0.05, 0) is 31.9 Å². The second-order valence-electron chi connectivity index (χ2n) is 5.07. The van der Waals surface area contributed by atoms with E-state index < -0.39 is 11.6 Å². The normalized spacial score (nSPS) is 21.3. The summed E-state index contributed by atoms with van der Waals surface area (Å²) in [5, 5.41) is 3.37. The van der Waals surface area contributed by atoms with Gasteiger partial charge < -0.3 is 10.1 Å². The van der Waals surface area contributed by atoms with Crippen LogP contribution in [0, 0.1) is 17.6 Å². The van der Waals surface area contributed by atoms with Gasteiger partial charge in [0.2, 0.25) is 0 Å². The van der Waals surface area contributed by atoms with Gasteiger partial charge in [-0.1, -0.05) is 13.0 Å². The summed E-state index contributed by atoms with van der Waals surface area (Å²) < 4.78 is 32.5. The van der Waals surface area contributed by atoms with E-state index in [0.29, 0.717) is 12.2 Å². The number of benzene rings is 1. The average molecular weight is 269 g/mol. The lowest BCUT2D eigenvalue weighted by molar-refractivity contribution is 0.0385. The fraction of sp³-hybridized carbons (Fsp3) is 0.600. The topological polar surface area (TPSA) is 21.3 Å². The van der Waals surface area contributed by atoms with E-state index in [4.69, 9.17) is 4.74 Å². The Morgan fingerprint density at radius 1 is 1.42 bits per heavy atom. The molecular formula is C15H21F2NO. The van der Waals surface area contributed by atoms with Crippen molar-refractivity contribution in [3.63, 3.8) is 0 Å². The predicted molar refractivity (Wildman–Crippen MR) is 70.9 cm³/mol. The van der Waals surface area contributed by atoms with Gasteiger partial charge in [-0.2, -0.15) is 0 Å². The third-order valence-electron chi connectivity index (χ3n) is 3.58. The van der Waals surface area contributed by atoms with E-state index >= 15 is 0 Å². The van der Waals surface area contributed by atoms with Gasteiger partial charge in [0.25, 0.3) is 0 Å². The Balaban J connectivity index is 2.19. The Morgan fingerprint density at radius 2 is 2.26 bits per heavy atom. The second-order valence-corrected chi connectivity index (χ2v) is 5.07. The number of ether oxygens (including phenoxy) is 1. The third-order valence-corrected chi connectivity index (χ3v) is 3.58. The van der Waals surface area contributed by atoms with Gasteiger partial charge in [0.1, 0.15) is 11.6 Å². The second kappa shape index (κ2) is 6.96. The molecule has 2 nitrogen and oxygen atoms in total. The van der Waals surface area contributed by atoms with Gasteiger partial charge in [-0.3, -0.25) is 0 Å². The van der Waals surface area contributed by atoms with Crippen molar-refractivity contribution in [2.75, 3.05) is 19.8 Å². The van der Waals surface area contributed by atoms with E-state index in [1.165, 1.54) is 6.07 Å². The lowest BCUT2D eigenvalue weighted by atomic mass is 9.88. The molecule has 106 valence electrons. The summed E-state index contributed by atoms with van der Waals surface area (Å²) in [5.74, 6) is -0.755. The molecule has 2 rings (SSSR count). The molecule has 2 atom stereocenters.